The van der Waals surface area contributed by atoms with Gasteiger partial charge in [0.05, 0.1) is 0 Å². The molecule has 0 aromatic heterocycles. The summed E-state index contributed by atoms with van der Waals surface area (Å²) in [4.78, 5) is 18.9. The van der Waals surface area contributed by atoms with Crippen LogP contribution in [0.15, 0.2) is 18.2 Å². The number of halogens is 2. The predicted molar refractivity (Wildman–Crippen MR) is 101 cm³/mol. The molecule has 2 saturated heterocycles. The van der Waals surface area contributed by atoms with Crippen LogP contribution in [0.25, 0.3) is 0 Å². The lowest BCUT2D eigenvalue weighted by Crippen LogP contribution is -2.52. The first-order valence-corrected chi connectivity index (χ1v) is 9.85. The molecule has 2 heterocycles. The molecule has 150 valence electrons. The van der Waals surface area contributed by atoms with Gasteiger partial charge in [-0.25, -0.2) is 13.6 Å². The largest absolute Gasteiger partial charge is 0.338 e. The Balaban J connectivity index is 1.38. The monoisotopic (exact) mass is 380 g/mol. The lowest BCUT2D eigenvalue weighted by Gasteiger charge is -2.35. The van der Waals surface area contributed by atoms with Crippen molar-refractivity contribution in [1.29, 1.82) is 0 Å². The van der Waals surface area contributed by atoms with Gasteiger partial charge in [0.2, 0.25) is 0 Å². The molecule has 5 nitrogen and oxygen atoms in total. The normalized spacial score (nSPS) is 21.8. The summed E-state index contributed by atoms with van der Waals surface area (Å²) in [6.07, 6.45) is 1.14. The molecular weight excluding hydrogens is 350 g/mol. The number of nitrogens with zero attached hydrogens (tertiary/aromatic N) is 3. The van der Waals surface area contributed by atoms with Crippen LogP contribution in [0, 0.1) is 17.6 Å². The minimum atomic E-state index is -0.820. The molecule has 0 bridgehead atoms. The zero-order chi connectivity index (χ0) is 19.4. The summed E-state index contributed by atoms with van der Waals surface area (Å²) in [5.74, 6) is -1.10. The number of piperazine rings is 1. The Hall–Kier alpha value is -1.73. The molecule has 1 N–H and O–H groups in total. The van der Waals surface area contributed by atoms with Crippen molar-refractivity contribution in [3.8, 4) is 0 Å². The molecule has 1 aromatic carbocycles. The second-order valence-corrected chi connectivity index (χ2v) is 7.94. The van der Waals surface area contributed by atoms with E-state index in [1.165, 1.54) is 6.07 Å². The van der Waals surface area contributed by atoms with Crippen LogP contribution in [-0.2, 0) is 6.54 Å². The van der Waals surface area contributed by atoms with Crippen LogP contribution in [0.3, 0.4) is 0 Å². The zero-order valence-corrected chi connectivity index (χ0v) is 16.3. The first-order chi connectivity index (χ1) is 12.9. The number of hydrogen-bond acceptors (Lipinski definition) is 3. The van der Waals surface area contributed by atoms with E-state index in [-0.39, 0.29) is 6.03 Å². The van der Waals surface area contributed by atoms with Crippen molar-refractivity contribution < 1.29 is 13.6 Å². The number of carbonyl (C=O) groups excluding carboxylic acids is 1. The molecule has 0 spiro atoms. The fourth-order valence-corrected chi connectivity index (χ4v) is 3.85. The molecule has 27 heavy (non-hydrogen) atoms. The maximum Gasteiger partial charge on any atom is 0.317 e. The molecule has 3 rings (SSSR count). The van der Waals surface area contributed by atoms with Crippen LogP contribution in [0.4, 0.5) is 13.6 Å². The minimum absolute atomic E-state index is 0.00507. The first-order valence-electron chi connectivity index (χ1n) is 9.85. The highest BCUT2D eigenvalue weighted by molar-refractivity contribution is 5.74. The van der Waals surface area contributed by atoms with Gasteiger partial charge in [-0.05, 0) is 50.4 Å². The van der Waals surface area contributed by atoms with Gasteiger partial charge in [0, 0.05) is 51.9 Å². The van der Waals surface area contributed by atoms with Crippen LogP contribution in [0.5, 0.6) is 0 Å². The van der Waals surface area contributed by atoms with Crippen molar-refractivity contribution in [1.82, 2.24) is 20.0 Å². The quantitative estimate of drug-likeness (QED) is 0.853. The number of hydrogen-bond donors (Lipinski definition) is 1. The van der Waals surface area contributed by atoms with Gasteiger partial charge in [-0.3, -0.25) is 4.90 Å². The van der Waals surface area contributed by atoms with E-state index < -0.39 is 11.6 Å². The summed E-state index contributed by atoms with van der Waals surface area (Å²) in [5, 5.41) is 3.08. The molecule has 0 radical (unpaired) electrons. The van der Waals surface area contributed by atoms with Gasteiger partial charge >= 0.3 is 6.03 Å². The molecule has 0 saturated carbocycles. The van der Waals surface area contributed by atoms with Crippen molar-refractivity contribution in [3.63, 3.8) is 0 Å². The minimum Gasteiger partial charge on any atom is -0.338 e. The van der Waals surface area contributed by atoms with Crippen LogP contribution in [0.1, 0.15) is 25.8 Å². The third-order valence-corrected chi connectivity index (χ3v) is 5.64. The van der Waals surface area contributed by atoms with Gasteiger partial charge in [0.1, 0.15) is 0 Å². The summed E-state index contributed by atoms with van der Waals surface area (Å²) < 4.78 is 26.3. The second-order valence-electron chi connectivity index (χ2n) is 7.94. The van der Waals surface area contributed by atoms with E-state index in [1.54, 1.807) is 6.07 Å². The van der Waals surface area contributed by atoms with Crippen molar-refractivity contribution in [2.45, 2.75) is 32.9 Å². The molecule has 0 unspecified atom stereocenters. The molecule has 2 aliphatic heterocycles. The molecule has 2 fully saturated rings. The summed E-state index contributed by atoms with van der Waals surface area (Å²) in [6.45, 7) is 10.7. The van der Waals surface area contributed by atoms with Gasteiger partial charge < -0.3 is 15.1 Å². The lowest BCUT2D eigenvalue weighted by molar-refractivity contribution is 0.134. The Morgan fingerprint density at radius 1 is 1.15 bits per heavy atom. The third kappa shape index (κ3) is 5.39. The Labute approximate surface area is 160 Å². The Morgan fingerprint density at radius 3 is 2.52 bits per heavy atom. The maximum atomic E-state index is 13.3. The molecule has 1 atom stereocenters. The molecule has 1 aromatic rings. The summed E-state index contributed by atoms with van der Waals surface area (Å²) in [6, 6.07) is 4.59. The van der Waals surface area contributed by atoms with Crippen molar-refractivity contribution in [2.24, 2.45) is 5.92 Å². The Kier molecular flexibility index (Phi) is 6.65. The smallest absolute Gasteiger partial charge is 0.317 e. The Bertz CT molecular complexity index is 647. The van der Waals surface area contributed by atoms with Gasteiger partial charge in [-0.2, -0.15) is 0 Å². The SMILES string of the molecule is CC(C)N1CC[C@@H](CNC(=O)N2CCN(Cc3ccc(F)c(F)c3)CC2)C1. The van der Waals surface area contributed by atoms with Gasteiger partial charge in [0.25, 0.3) is 0 Å². The maximum absolute atomic E-state index is 13.3. The number of nitrogens with one attached hydrogen (secondary N) is 1. The molecular formula is C20H30F2N4O. The third-order valence-electron chi connectivity index (χ3n) is 5.64. The van der Waals surface area contributed by atoms with Crippen molar-refractivity contribution in [3.05, 3.63) is 35.4 Å². The zero-order valence-electron chi connectivity index (χ0n) is 16.3. The fourth-order valence-electron chi connectivity index (χ4n) is 3.85. The van der Waals surface area contributed by atoms with Gasteiger partial charge in [-0.1, -0.05) is 6.07 Å². The van der Waals surface area contributed by atoms with Crippen molar-refractivity contribution >= 4 is 6.03 Å². The lowest BCUT2D eigenvalue weighted by atomic mass is 10.1. The molecule has 2 amide bonds. The summed E-state index contributed by atoms with van der Waals surface area (Å²) in [5.41, 5.74) is 0.753. The van der Waals surface area contributed by atoms with Crippen LogP contribution in [0.2, 0.25) is 0 Å². The van der Waals surface area contributed by atoms with Gasteiger partial charge in [0.15, 0.2) is 11.6 Å². The van der Waals surface area contributed by atoms with E-state index in [4.69, 9.17) is 0 Å². The number of amides is 2. The van der Waals surface area contributed by atoms with Crippen LogP contribution >= 0.6 is 0 Å². The highest BCUT2D eigenvalue weighted by Crippen LogP contribution is 2.18. The van der Waals surface area contributed by atoms with Crippen molar-refractivity contribution in [2.75, 3.05) is 45.8 Å². The van der Waals surface area contributed by atoms with E-state index >= 15 is 0 Å². The summed E-state index contributed by atoms with van der Waals surface area (Å²) in [7, 11) is 0. The predicted octanol–water partition coefficient (Wildman–Crippen LogP) is 2.52. The highest BCUT2D eigenvalue weighted by Gasteiger charge is 2.26. The average molecular weight is 380 g/mol. The highest BCUT2D eigenvalue weighted by atomic mass is 19.2. The topological polar surface area (TPSA) is 38.8 Å². The second kappa shape index (κ2) is 8.97. The van der Waals surface area contributed by atoms with Crippen LogP contribution < -0.4 is 5.32 Å². The van der Waals surface area contributed by atoms with E-state index in [1.807, 2.05) is 4.90 Å². The van der Waals surface area contributed by atoms with Gasteiger partial charge in [-0.15, -0.1) is 0 Å². The molecule has 7 heteroatoms. The standard InChI is InChI=1S/C20H30F2N4O/c1-15(2)26-6-5-17(14-26)12-23-20(27)25-9-7-24(8-10-25)13-16-3-4-18(21)19(22)11-16/h3-4,11,15,17H,5-10,12-14H2,1-2H3,(H,23,27)/t17-/m0/s1. The van der Waals surface area contributed by atoms with E-state index in [0.717, 1.165) is 50.8 Å². The van der Waals surface area contributed by atoms with E-state index in [2.05, 4.69) is 29.0 Å². The molecule has 0 aliphatic carbocycles. The number of carbonyl (C=O) groups is 1. The summed E-state index contributed by atoms with van der Waals surface area (Å²) >= 11 is 0. The molecule has 2 aliphatic rings. The number of benzene rings is 1. The Morgan fingerprint density at radius 2 is 1.89 bits per heavy atom. The first kappa shape index (κ1) is 20.0. The number of likely N-dealkylation sites (tertiary alicyclic amines) is 1. The van der Waals surface area contributed by atoms with E-state index in [9.17, 15) is 13.6 Å². The fraction of sp³-hybridized carbons (Fsp3) is 0.650. The number of rotatable bonds is 5. The van der Waals surface area contributed by atoms with E-state index in [0.29, 0.717) is 31.6 Å². The average Bonchev–Trinajstić information content (AvgIpc) is 3.13. The number of urea groups is 1. The van der Waals surface area contributed by atoms with Crippen LogP contribution in [-0.4, -0.2) is 72.6 Å².